The summed E-state index contributed by atoms with van der Waals surface area (Å²) >= 11 is 3.81. The van der Waals surface area contributed by atoms with Crippen LogP contribution in [0.3, 0.4) is 0 Å². The molecule has 4 unspecified atom stereocenters. The second-order valence-electron chi connectivity index (χ2n) is 20.4. The topological polar surface area (TPSA) is 77.1 Å². The van der Waals surface area contributed by atoms with E-state index in [0.717, 1.165) is 50.2 Å². The molecule has 2 saturated heterocycles. The number of fused-ring (bicyclic) bond motifs is 3. The molecule has 2 aliphatic heterocycles. The van der Waals surface area contributed by atoms with Crippen LogP contribution in [0.4, 0.5) is 0 Å². The molecule has 8 aromatic carbocycles. The second-order valence-corrected chi connectivity index (χ2v) is 23.0. The molecule has 4 atom stereocenters. The third-order valence-corrected chi connectivity index (χ3v) is 18.9. The van der Waals surface area contributed by atoms with Crippen molar-refractivity contribution >= 4 is 40.2 Å². The molecule has 0 aromatic heterocycles. The molecule has 3 N–H and O–H groups in total. The van der Waals surface area contributed by atoms with Gasteiger partial charge in [-0.05, 0) is 87.5 Å². The monoisotopic (exact) mass is 1060 g/mol. The molecule has 0 spiro atoms. The molecule has 10 rings (SSSR count). The summed E-state index contributed by atoms with van der Waals surface area (Å²) in [5.74, 6) is 1.66. The fourth-order valence-electron chi connectivity index (χ4n) is 12.4. The first kappa shape index (κ1) is 53.9. The average molecular weight is 1060 g/mol. The van der Waals surface area contributed by atoms with Gasteiger partial charge < -0.3 is 10.4 Å². The van der Waals surface area contributed by atoms with Crippen LogP contribution in [0.2, 0.25) is 0 Å². The van der Waals surface area contributed by atoms with Crippen LogP contribution in [0.1, 0.15) is 77.5 Å². The Bertz CT molecular complexity index is 2960. The largest absolute Gasteiger partial charge is 0.391 e. The molecule has 9 heteroatoms. The van der Waals surface area contributed by atoms with Crippen LogP contribution in [0, 0.1) is 0 Å². The number of hydrogen-bond donors (Lipinski definition) is 3. The van der Waals surface area contributed by atoms with Gasteiger partial charge in [0.15, 0.2) is 0 Å². The summed E-state index contributed by atoms with van der Waals surface area (Å²) in [6.07, 6.45) is 2.75. The Kier molecular flexibility index (Phi) is 18.1. The summed E-state index contributed by atoms with van der Waals surface area (Å²) in [7, 11) is 1.68. The standard InChI is InChI=1S/C68H72N4O3S2/c1-3-62(70-75-2)65-61(53-40-39-51-25-22-23-26-52(51)47-53)48-60-49-63(73)66(65)72(60)43-24-42-71(44-46-77-68(57-33-16-7-17-34-57,58-35-18-8-19-36-58)59-37-20-9-21-38-59)50-64(74)69-41-45-76-67(54-27-10-4-11-28-54,55-29-12-5-13-30-55)56-31-14-6-15-32-56/h4-23,25-40,47,60-61,63,66,70,73H,3,24,41-46,48-50H2,1-2H3,(H,69,74). The van der Waals surface area contributed by atoms with Gasteiger partial charge in [0.25, 0.3) is 0 Å². The maximum atomic E-state index is 14.5. The van der Waals surface area contributed by atoms with Gasteiger partial charge in [-0.2, -0.15) is 0 Å². The molecule has 394 valence electrons. The van der Waals surface area contributed by atoms with Gasteiger partial charge >= 0.3 is 0 Å². The normalized spacial score (nSPS) is 18.3. The zero-order chi connectivity index (χ0) is 52.9. The maximum Gasteiger partial charge on any atom is 0.234 e. The first-order valence-corrected chi connectivity index (χ1v) is 29.4. The van der Waals surface area contributed by atoms with Crippen molar-refractivity contribution in [2.45, 2.75) is 66.2 Å². The minimum atomic E-state index is -0.497. The van der Waals surface area contributed by atoms with E-state index in [1.54, 1.807) is 7.11 Å². The predicted octanol–water partition coefficient (Wildman–Crippen LogP) is 13.2. The van der Waals surface area contributed by atoms with Gasteiger partial charge in [0.05, 0.1) is 35.3 Å². The number of benzene rings is 8. The van der Waals surface area contributed by atoms with Gasteiger partial charge in [-0.1, -0.05) is 231 Å². The van der Waals surface area contributed by atoms with Crippen LogP contribution in [-0.2, 0) is 19.1 Å². The molecule has 0 radical (unpaired) electrons. The Hall–Kier alpha value is -6.43. The van der Waals surface area contributed by atoms with Gasteiger partial charge in [-0.15, -0.1) is 23.5 Å². The van der Waals surface area contributed by atoms with E-state index in [1.165, 1.54) is 55.3 Å². The fraction of sp³-hybridized carbons (Fsp3) is 0.279. The number of hydrogen-bond acceptors (Lipinski definition) is 8. The molecule has 7 nitrogen and oxygen atoms in total. The molecule has 2 fully saturated rings. The number of aliphatic hydroxyl groups excluding tert-OH is 1. The first-order chi connectivity index (χ1) is 37.9. The van der Waals surface area contributed by atoms with E-state index in [4.69, 9.17) is 4.84 Å². The minimum absolute atomic E-state index is 0.0240. The highest BCUT2D eigenvalue weighted by Crippen LogP contribution is 2.51. The Morgan fingerprint density at radius 2 is 1.08 bits per heavy atom. The van der Waals surface area contributed by atoms with Crippen LogP contribution in [0.15, 0.2) is 236 Å². The van der Waals surface area contributed by atoms with Gasteiger partial charge in [-0.3, -0.25) is 24.9 Å². The van der Waals surface area contributed by atoms with Crippen LogP contribution in [0.25, 0.3) is 10.8 Å². The van der Waals surface area contributed by atoms with E-state index in [2.05, 4.69) is 252 Å². The van der Waals surface area contributed by atoms with Crippen molar-refractivity contribution in [1.82, 2.24) is 20.6 Å². The van der Waals surface area contributed by atoms with Crippen molar-refractivity contribution < 1.29 is 14.7 Å². The Morgan fingerprint density at radius 1 is 0.610 bits per heavy atom. The number of rotatable bonds is 24. The van der Waals surface area contributed by atoms with Crippen molar-refractivity contribution in [1.29, 1.82) is 0 Å². The summed E-state index contributed by atoms with van der Waals surface area (Å²) < 4.78 is -0.942. The molecule has 1 amide bonds. The molecular weight excluding hydrogens is 985 g/mol. The highest BCUT2D eigenvalue weighted by molar-refractivity contribution is 8.00. The third kappa shape index (κ3) is 11.9. The lowest BCUT2D eigenvalue weighted by molar-refractivity contribution is -0.122. The van der Waals surface area contributed by atoms with E-state index in [9.17, 15) is 9.90 Å². The maximum absolute atomic E-state index is 14.5. The molecular formula is C68H72N4O3S2. The predicted molar refractivity (Wildman–Crippen MR) is 321 cm³/mol. The van der Waals surface area contributed by atoms with Crippen molar-refractivity contribution in [2.24, 2.45) is 0 Å². The summed E-state index contributed by atoms with van der Waals surface area (Å²) in [4.78, 5) is 25.0. The second kappa shape index (κ2) is 25.8. The Morgan fingerprint density at radius 3 is 1.56 bits per heavy atom. The third-order valence-electron chi connectivity index (χ3n) is 15.8. The summed E-state index contributed by atoms with van der Waals surface area (Å²) in [5, 5.41) is 17.9. The summed E-state index contributed by atoms with van der Waals surface area (Å²) in [6, 6.07) is 80.3. The number of thioether (sulfide) groups is 2. The lowest BCUT2D eigenvalue weighted by atomic mass is 9.78. The van der Waals surface area contributed by atoms with Gasteiger partial charge in [0.1, 0.15) is 0 Å². The van der Waals surface area contributed by atoms with Crippen LogP contribution in [-0.4, -0.2) is 90.3 Å². The smallest absolute Gasteiger partial charge is 0.234 e. The van der Waals surface area contributed by atoms with E-state index in [1.807, 2.05) is 23.5 Å². The summed E-state index contributed by atoms with van der Waals surface area (Å²) in [5.41, 5.74) is 14.1. The Balaban J connectivity index is 0.897. The molecule has 2 heterocycles. The zero-order valence-corrected chi connectivity index (χ0v) is 46.1. The average Bonchev–Trinajstić information content (AvgIpc) is 3.75. The number of amides is 1. The van der Waals surface area contributed by atoms with E-state index < -0.39 is 15.6 Å². The number of carbonyl (C=O) groups excluding carboxylic acids is 1. The number of nitrogens with one attached hydrogen (secondary N) is 2. The van der Waals surface area contributed by atoms with Crippen molar-refractivity contribution in [3.63, 3.8) is 0 Å². The first-order valence-electron chi connectivity index (χ1n) is 27.5. The molecule has 0 saturated carbocycles. The number of aliphatic hydroxyl groups is 1. The van der Waals surface area contributed by atoms with Crippen LogP contribution < -0.4 is 10.8 Å². The molecule has 8 aromatic rings. The molecule has 0 aliphatic carbocycles. The zero-order valence-electron chi connectivity index (χ0n) is 44.4. The van der Waals surface area contributed by atoms with Crippen molar-refractivity contribution in [3.05, 3.63) is 275 Å². The number of piperidine rings is 1. The van der Waals surface area contributed by atoms with Crippen molar-refractivity contribution in [3.8, 4) is 0 Å². The number of hydroxylamine groups is 1. The van der Waals surface area contributed by atoms with Gasteiger partial charge in [0.2, 0.25) is 5.91 Å². The Labute approximate surface area is 465 Å². The fourth-order valence-corrected chi connectivity index (χ4v) is 15.4. The number of nitrogens with zero attached hydrogens (tertiary/aromatic N) is 2. The molecule has 2 bridgehead atoms. The minimum Gasteiger partial charge on any atom is -0.391 e. The van der Waals surface area contributed by atoms with Crippen LogP contribution >= 0.6 is 23.5 Å². The molecule has 77 heavy (non-hydrogen) atoms. The van der Waals surface area contributed by atoms with E-state index in [0.29, 0.717) is 18.8 Å². The lowest BCUT2D eigenvalue weighted by Crippen LogP contribution is -2.48. The van der Waals surface area contributed by atoms with Crippen LogP contribution in [0.5, 0.6) is 0 Å². The highest BCUT2D eigenvalue weighted by Gasteiger charge is 2.50. The van der Waals surface area contributed by atoms with Crippen molar-refractivity contribution in [2.75, 3.05) is 51.3 Å². The number of allylic oxidation sites excluding steroid dienone is 1. The van der Waals surface area contributed by atoms with E-state index >= 15 is 0 Å². The quantitative estimate of drug-likeness (QED) is 0.0314. The SMILES string of the molecule is CCC(NOC)=C1C(c2ccc3ccccc3c2)CC2CC(O)C1N2CCCN(CCSC(c1ccccc1)(c1ccccc1)c1ccccc1)CC(=O)NCCSC(c1ccccc1)(c1ccccc1)c1ccccc1. The number of carbonyl (C=O) groups is 1. The van der Waals surface area contributed by atoms with Gasteiger partial charge in [-0.25, -0.2) is 0 Å². The molecule has 2 aliphatic rings. The summed E-state index contributed by atoms with van der Waals surface area (Å²) in [6.45, 7) is 5.21. The lowest BCUT2D eigenvalue weighted by Gasteiger charge is -2.43. The van der Waals surface area contributed by atoms with Gasteiger partial charge in [0, 0.05) is 48.8 Å². The highest BCUT2D eigenvalue weighted by atomic mass is 32.2. The van der Waals surface area contributed by atoms with E-state index in [-0.39, 0.29) is 30.5 Å².